The Morgan fingerprint density at radius 3 is 2.95 bits per heavy atom. The fourth-order valence-corrected chi connectivity index (χ4v) is 3.17. The normalized spacial score (nSPS) is 12.5. The number of ether oxygens (including phenoxy) is 1. The number of fused-ring (bicyclic) bond motifs is 1. The first kappa shape index (κ1) is 13.8. The zero-order valence-electron chi connectivity index (χ0n) is 11.8. The van der Waals surface area contributed by atoms with Crippen LogP contribution in [0.2, 0.25) is 0 Å². The van der Waals surface area contributed by atoms with Gasteiger partial charge in [-0.05, 0) is 30.7 Å². The Balaban J connectivity index is 1.89. The minimum Gasteiger partial charge on any atom is -0.497 e. The predicted molar refractivity (Wildman–Crippen MR) is 81.7 cm³/mol. The van der Waals surface area contributed by atoms with Crippen LogP contribution >= 0.6 is 0 Å². The van der Waals surface area contributed by atoms with Gasteiger partial charge in [0.15, 0.2) is 5.16 Å². The molecule has 0 aliphatic heterocycles. The summed E-state index contributed by atoms with van der Waals surface area (Å²) in [5.41, 5.74) is 3.45. The number of imidazole rings is 1. The van der Waals surface area contributed by atoms with Gasteiger partial charge in [-0.25, -0.2) is 4.98 Å². The second-order valence-electron chi connectivity index (χ2n) is 4.68. The van der Waals surface area contributed by atoms with E-state index in [1.54, 1.807) is 13.3 Å². The molecule has 0 radical (unpaired) electrons. The lowest BCUT2D eigenvalue weighted by atomic mass is 10.2. The largest absolute Gasteiger partial charge is 0.497 e. The van der Waals surface area contributed by atoms with Gasteiger partial charge in [-0.15, -0.1) is 0 Å². The molecule has 6 heteroatoms. The highest BCUT2D eigenvalue weighted by molar-refractivity contribution is 7.84. The molecule has 3 aromatic rings. The van der Waals surface area contributed by atoms with Crippen LogP contribution < -0.4 is 4.74 Å². The minimum atomic E-state index is -1.26. The molecule has 1 atom stereocenters. The maximum atomic E-state index is 12.4. The van der Waals surface area contributed by atoms with E-state index in [1.165, 1.54) is 0 Å². The summed E-state index contributed by atoms with van der Waals surface area (Å²) >= 11 is 0. The summed E-state index contributed by atoms with van der Waals surface area (Å²) in [7, 11) is 0.356. The number of rotatable bonds is 4. The molecule has 108 valence electrons. The van der Waals surface area contributed by atoms with Crippen molar-refractivity contribution in [3.8, 4) is 5.75 Å². The summed E-state index contributed by atoms with van der Waals surface area (Å²) in [5, 5.41) is 0.461. The molecule has 0 fully saturated rings. The van der Waals surface area contributed by atoms with Crippen molar-refractivity contribution in [1.82, 2.24) is 15.0 Å². The van der Waals surface area contributed by atoms with Crippen LogP contribution in [0.15, 0.2) is 41.7 Å². The van der Waals surface area contributed by atoms with E-state index in [4.69, 9.17) is 4.74 Å². The molecule has 0 saturated heterocycles. The molecule has 21 heavy (non-hydrogen) atoms. The standard InChI is InChI=1S/C15H15N3O2S/c1-10-4-3-7-16-14(10)9-21(19)15-17-12-6-5-11(20-2)8-13(12)18-15/h3-8H,9H2,1-2H3,(H,17,18). The smallest absolute Gasteiger partial charge is 0.197 e. The van der Waals surface area contributed by atoms with Gasteiger partial charge in [0.2, 0.25) is 0 Å². The quantitative estimate of drug-likeness (QED) is 0.804. The SMILES string of the molecule is COc1ccc2nc(S(=O)Cc3ncccc3C)[nH]c2c1. The monoisotopic (exact) mass is 301 g/mol. The number of nitrogens with zero attached hydrogens (tertiary/aromatic N) is 2. The summed E-state index contributed by atoms with van der Waals surface area (Å²) in [5.74, 6) is 1.09. The van der Waals surface area contributed by atoms with Crippen molar-refractivity contribution in [2.45, 2.75) is 17.8 Å². The molecule has 0 spiro atoms. The minimum absolute atomic E-state index is 0.351. The van der Waals surface area contributed by atoms with Crippen molar-refractivity contribution in [2.75, 3.05) is 7.11 Å². The Hall–Kier alpha value is -2.21. The molecule has 0 amide bonds. The first-order chi connectivity index (χ1) is 10.2. The molecule has 0 bridgehead atoms. The number of H-pyrrole nitrogens is 1. The van der Waals surface area contributed by atoms with E-state index in [1.807, 2.05) is 37.3 Å². The van der Waals surface area contributed by atoms with Gasteiger partial charge in [0.1, 0.15) is 5.75 Å². The highest BCUT2D eigenvalue weighted by Crippen LogP contribution is 2.20. The zero-order valence-corrected chi connectivity index (χ0v) is 12.6. The average Bonchev–Trinajstić information content (AvgIpc) is 2.92. The van der Waals surface area contributed by atoms with Gasteiger partial charge in [0.25, 0.3) is 0 Å². The molecule has 1 aromatic carbocycles. The van der Waals surface area contributed by atoms with E-state index in [2.05, 4.69) is 15.0 Å². The summed E-state index contributed by atoms with van der Waals surface area (Å²) in [6.07, 6.45) is 1.71. The molecule has 1 N–H and O–H groups in total. The third kappa shape index (κ3) is 2.80. The molecule has 1 unspecified atom stereocenters. The van der Waals surface area contributed by atoms with Gasteiger partial charge >= 0.3 is 0 Å². The Kier molecular flexibility index (Phi) is 3.70. The molecule has 0 saturated carbocycles. The van der Waals surface area contributed by atoms with Crippen LogP contribution in [0.1, 0.15) is 11.3 Å². The molecule has 3 rings (SSSR count). The van der Waals surface area contributed by atoms with Crippen molar-refractivity contribution < 1.29 is 8.95 Å². The van der Waals surface area contributed by atoms with Gasteiger partial charge in [-0.3, -0.25) is 9.19 Å². The van der Waals surface area contributed by atoms with Crippen LogP contribution in [0.25, 0.3) is 11.0 Å². The average molecular weight is 301 g/mol. The predicted octanol–water partition coefficient (Wildman–Crippen LogP) is 2.58. The zero-order chi connectivity index (χ0) is 14.8. The van der Waals surface area contributed by atoms with Crippen LogP contribution in [0.4, 0.5) is 0 Å². The summed E-state index contributed by atoms with van der Waals surface area (Å²) in [4.78, 5) is 11.7. The molecule has 5 nitrogen and oxygen atoms in total. The number of hydrogen-bond acceptors (Lipinski definition) is 4. The Morgan fingerprint density at radius 2 is 2.19 bits per heavy atom. The highest BCUT2D eigenvalue weighted by atomic mass is 32.2. The first-order valence-corrected chi connectivity index (χ1v) is 7.82. The van der Waals surface area contributed by atoms with Crippen LogP contribution in [-0.2, 0) is 16.6 Å². The molecular weight excluding hydrogens is 286 g/mol. The third-order valence-corrected chi connectivity index (χ3v) is 4.43. The van der Waals surface area contributed by atoms with Gasteiger partial charge in [0.05, 0.1) is 40.4 Å². The number of hydrogen-bond donors (Lipinski definition) is 1. The van der Waals surface area contributed by atoms with Gasteiger partial charge in [-0.1, -0.05) is 6.07 Å². The summed E-state index contributed by atoms with van der Waals surface area (Å²) < 4.78 is 17.6. The highest BCUT2D eigenvalue weighted by Gasteiger charge is 2.13. The third-order valence-electron chi connectivity index (χ3n) is 3.27. The number of pyridine rings is 1. The van der Waals surface area contributed by atoms with E-state index < -0.39 is 10.8 Å². The Labute approximate surface area is 124 Å². The van der Waals surface area contributed by atoms with Crippen molar-refractivity contribution in [1.29, 1.82) is 0 Å². The molecule has 0 aliphatic rings. The number of benzene rings is 1. The van der Waals surface area contributed by atoms with Gasteiger partial charge in [0, 0.05) is 12.3 Å². The summed E-state index contributed by atoms with van der Waals surface area (Å²) in [6, 6.07) is 9.35. The van der Waals surface area contributed by atoms with E-state index in [-0.39, 0.29) is 0 Å². The number of aryl methyl sites for hydroxylation is 1. The van der Waals surface area contributed by atoms with E-state index in [0.29, 0.717) is 10.9 Å². The van der Waals surface area contributed by atoms with Gasteiger partial charge in [-0.2, -0.15) is 0 Å². The van der Waals surface area contributed by atoms with Crippen LogP contribution in [0.5, 0.6) is 5.75 Å². The Bertz CT molecular complexity index is 814. The van der Waals surface area contributed by atoms with Crippen molar-refractivity contribution >= 4 is 21.8 Å². The van der Waals surface area contributed by atoms with Crippen LogP contribution in [0, 0.1) is 6.92 Å². The lowest BCUT2D eigenvalue weighted by Crippen LogP contribution is -2.02. The van der Waals surface area contributed by atoms with Crippen molar-refractivity contribution in [3.63, 3.8) is 0 Å². The topological polar surface area (TPSA) is 67.9 Å². The molecular formula is C15H15N3O2S. The molecule has 0 aliphatic carbocycles. The summed E-state index contributed by atoms with van der Waals surface area (Å²) in [6.45, 7) is 1.96. The van der Waals surface area contributed by atoms with Crippen LogP contribution in [0.3, 0.4) is 0 Å². The van der Waals surface area contributed by atoms with Crippen molar-refractivity contribution in [3.05, 3.63) is 47.8 Å². The van der Waals surface area contributed by atoms with E-state index in [0.717, 1.165) is 28.0 Å². The Morgan fingerprint density at radius 1 is 1.33 bits per heavy atom. The lowest BCUT2D eigenvalue weighted by Gasteiger charge is -2.02. The number of aromatic nitrogens is 3. The molecule has 2 heterocycles. The van der Waals surface area contributed by atoms with E-state index >= 15 is 0 Å². The number of aromatic amines is 1. The maximum Gasteiger partial charge on any atom is 0.197 e. The van der Waals surface area contributed by atoms with E-state index in [9.17, 15) is 4.21 Å². The fourth-order valence-electron chi connectivity index (χ4n) is 2.06. The first-order valence-electron chi connectivity index (χ1n) is 6.50. The second kappa shape index (κ2) is 5.65. The molecule has 2 aromatic heterocycles. The number of methoxy groups -OCH3 is 1. The maximum absolute atomic E-state index is 12.4. The van der Waals surface area contributed by atoms with Crippen LogP contribution in [-0.4, -0.2) is 26.3 Å². The number of nitrogens with one attached hydrogen (secondary N) is 1. The lowest BCUT2D eigenvalue weighted by molar-refractivity contribution is 0.415. The second-order valence-corrected chi connectivity index (χ2v) is 6.05. The van der Waals surface area contributed by atoms with Gasteiger partial charge < -0.3 is 9.72 Å². The van der Waals surface area contributed by atoms with Crippen molar-refractivity contribution in [2.24, 2.45) is 0 Å². The fraction of sp³-hybridized carbons (Fsp3) is 0.200.